The summed E-state index contributed by atoms with van der Waals surface area (Å²) in [5, 5.41) is 3.87. The van der Waals surface area contributed by atoms with Gasteiger partial charge in [0.15, 0.2) is 0 Å². The van der Waals surface area contributed by atoms with Gasteiger partial charge in [0.1, 0.15) is 11.5 Å². The lowest BCUT2D eigenvalue weighted by atomic mass is 9.94. The number of nitrogens with one attached hydrogen (secondary N) is 1. The number of methoxy groups -OCH3 is 2. The number of amides is 1. The predicted molar refractivity (Wildman–Crippen MR) is 141 cm³/mol. The monoisotopic (exact) mass is 518 g/mol. The second-order valence-corrected chi connectivity index (χ2v) is 9.30. The molecule has 4 rings (SSSR count). The zero-order valence-electron chi connectivity index (χ0n) is 20.2. The fraction of sp³-hybridized carbons (Fsp3) is 0.214. The van der Waals surface area contributed by atoms with E-state index in [-0.39, 0.29) is 5.91 Å². The van der Waals surface area contributed by atoms with Gasteiger partial charge in [-0.3, -0.25) is 4.79 Å². The number of benzene rings is 3. The summed E-state index contributed by atoms with van der Waals surface area (Å²) in [6.45, 7) is 8.06. The average molecular weight is 519 g/mol. The van der Waals surface area contributed by atoms with Crippen molar-refractivity contribution in [3.63, 3.8) is 0 Å². The number of halogens is 1. The first-order chi connectivity index (χ1) is 16.2. The topological polar surface area (TPSA) is 60.5 Å². The van der Waals surface area contributed by atoms with E-state index in [0.29, 0.717) is 22.7 Å². The third-order valence-corrected chi connectivity index (χ3v) is 6.56. The minimum absolute atomic E-state index is 0.231. The number of nitrogens with zero attached hydrogens (tertiary/aromatic N) is 1. The molecule has 0 unspecified atom stereocenters. The molecule has 34 heavy (non-hydrogen) atoms. The molecule has 1 heterocycles. The van der Waals surface area contributed by atoms with Crippen molar-refractivity contribution in [1.82, 2.24) is 4.98 Å². The number of aromatic nitrogens is 1. The number of carbonyl (C=O) groups excluding carboxylic acids is 1. The van der Waals surface area contributed by atoms with E-state index in [1.54, 1.807) is 26.4 Å². The van der Waals surface area contributed by atoms with Crippen LogP contribution in [-0.2, 0) is 0 Å². The molecule has 0 saturated heterocycles. The molecule has 4 aromatic rings. The van der Waals surface area contributed by atoms with E-state index < -0.39 is 0 Å². The quantitative estimate of drug-likeness (QED) is 0.304. The summed E-state index contributed by atoms with van der Waals surface area (Å²) in [5.74, 6) is 0.897. The number of anilines is 1. The highest BCUT2D eigenvalue weighted by Gasteiger charge is 2.22. The van der Waals surface area contributed by atoms with Gasteiger partial charge in [-0.15, -0.1) is 0 Å². The number of ether oxygens (including phenoxy) is 2. The van der Waals surface area contributed by atoms with E-state index in [2.05, 4.69) is 46.4 Å². The van der Waals surface area contributed by atoms with Gasteiger partial charge in [0, 0.05) is 23.1 Å². The fourth-order valence-corrected chi connectivity index (χ4v) is 4.73. The zero-order chi connectivity index (χ0) is 24.6. The molecule has 5 nitrogen and oxygen atoms in total. The summed E-state index contributed by atoms with van der Waals surface area (Å²) in [4.78, 5) is 18.8. The molecular formula is C28H27BrN2O3. The third-order valence-electron chi connectivity index (χ3n) is 5.94. The van der Waals surface area contributed by atoms with Gasteiger partial charge >= 0.3 is 0 Å². The Bertz CT molecular complexity index is 1410. The summed E-state index contributed by atoms with van der Waals surface area (Å²) in [7, 11) is 3.15. The van der Waals surface area contributed by atoms with Crippen LogP contribution in [0.1, 0.15) is 32.6 Å². The van der Waals surface area contributed by atoms with Crippen molar-refractivity contribution < 1.29 is 14.3 Å². The van der Waals surface area contributed by atoms with E-state index in [4.69, 9.17) is 14.5 Å². The van der Waals surface area contributed by atoms with Gasteiger partial charge in [-0.2, -0.15) is 0 Å². The van der Waals surface area contributed by atoms with Crippen LogP contribution < -0.4 is 14.8 Å². The lowest BCUT2D eigenvalue weighted by Gasteiger charge is -2.18. The molecule has 1 aromatic heterocycles. The highest BCUT2D eigenvalue weighted by molar-refractivity contribution is 9.10. The van der Waals surface area contributed by atoms with E-state index in [1.165, 1.54) is 5.56 Å². The van der Waals surface area contributed by atoms with Crippen molar-refractivity contribution in [3.8, 4) is 22.8 Å². The van der Waals surface area contributed by atoms with Gasteiger partial charge in [-0.1, -0.05) is 41.5 Å². The van der Waals surface area contributed by atoms with Crippen LogP contribution in [0.15, 0.2) is 53.0 Å². The van der Waals surface area contributed by atoms with Gasteiger partial charge in [0.25, 0.3) is 5.91 Å². The second kappa shape index (κ2) is 9.47. The summed E-state index contributed by atoms with van der Waals surface area (Å²) < 4.78 is 11.7. The first-order valence-electron chi connectivity index (χ1n) is 10.9. The molecule has 3 aromatic carbocycles. The number of rotatable bonds is 5. The van der Waals surface area contributed by atoms with Crippen molar-refractivity contribution in [1.29, 1.82) is 0 Å². The third kappa shape index (κ3) is 4.38. The smallest absolute Gasteiger partial charge is 0.256 e. The maximum absolute atomic E-state index is 13.8. The Balaban J connectivity index is 1.93. The molecule has 0 bridgehead atoms. The number of fused-ring (bicyclic) bond motifs is 1. The molecule has 0 radical (unpaired) electrons. The van der Waals surface area contributed by atoms with E-state index in [0.717, 1.165) is 43.3 Å². The molecule has 0 fully saturated rings. The number of aryl methyl sites for hydroxylation is 3. The van der Waals surface area contributed by atoms with Crippen molar-refractivity contribution >= 4 is 38.4 Å². The SMILES string of the molecule is COc1cc(NC(=O)c2c(C)c(-c3ccc(C)cc3)nc3c(C)cc(C)cc23)c(OC)cc1Br. The van der Waals surface area contributed by atoms with E-state index in [1.807, 2.05) is 39.0 Å². The fourth-order valence-electron chi connectivity index (χ4n) is 4.24. The van der Waals surface area contributed by atoms with Crippen molar-refractivity contribution in [2.45, 2.75) is 27.7 Å². The standard InChI is InChI=1S/C28H27BrN2O3/c1-15-7-9-19(10-8-15)27-18(4)25(20-12-16(2)11-17(3)26(20)31-27)28(32)30-22-14-23(33-5)21(29)13-24(22)34-6/h7-14H,1-6H3,(H,30,32). The maximum atomic E-state index is 13.8. The highest BCUT2D eigenvalue weighted by Crippen LogP contribution is 2.37. The molecule has 0 atom stereocenters. The van der Waals surface area contributed by atoms with E-state index >= 15 is 0 Å². The number of carbonyl (C=O) groups is 1. The molecule has 1 amide bonds. The first kappa shape index (κ1) is 23.8. The molecule has 6 heteroatoms. The lowest BCUT2D eigenvalue weighted by molar-refractivity contribution is 0.102. The molecule has 0 aliphatic carbocycles. The molecule has 1 N–H and O–H groups in total. The average Bonchev–Trinajstić information content (AvgIpc) is 2.80. The van der Waals surface area contributed by atoms with Crippen LogP contribution in [0.4, 0.5) is 5.69 Å². The molecule has 0 aliphatic rings. The lowest BCUT2D eigenvalue weighted by Crippen LogP contribution is -2.16. The number of hydrogen-bond acceptors (Lipinski definition) is 4. The van der Waals surface area contributed by atoms with Crippen LogP contribution in [0.25, 0.3) is 22.2 Å². The Hall–Kier alpha value is -3.38. The largest absolute Gasteiger partial charge is 0.495 e. The van der Waals surface area contributed by atoms with Crippen molar-refractivity contribution in [2.24, 2.45) is 0 Å². The summed E-state index contributed by atoms with van der Waals surface area (Å²) in [6.07, 6.45) is 0. The zero-order valence-corrected chi connectivity index (χ0v) is 21.8. The summed E-state index contributed by atoms with van der Waals surface area (Å²) >= 11 is 3.47. The molecule has 0 spiro atoms. The Kier molecular flexibility index (Phi) is 6.62. The Morgan fingerprint density at radius 3 is 2.21 bits per heavy atom. The normalized spacial score (nSPS) is 10.9. The van der Waals surface area contributed by atoms with Crippen LogP contribution in [0.3, 0.4) is 0 Å². The van der Waals surface area contributed by atoms with Crippen LogP contribution >= 0.6 is 15.9 Å². The summed E-state index contributed by atoms with van der Waals surface area (Å²) in [5.41, 5.74) is 7.80. The minimum Gasteiger partial charge on any atom is -0.495 e. The number of hydrogen-bond donors (Lipinski definition) is 1. The second-order valence-electron chi connectivity index (χ2n) is 8.45. The van der Waals surface area contributed by atoms with Gasteiger partial charge in [-0.05, 0) is 60.8 Å². The molecule has 0 aliphatic heterocycles. The van der Waals surface area contributed by atoms with Gasteiger partial charge in [0.2, 0.25) is 0 Å². The molecule has 174 valence electrons. The van der Waals surface area contributed by atoms with Crippen LogP contribution in [0, 0.1) is 27.7 Å². The summed E-state index contributed by atoms with van der Waals surface area (Å²) in [6, 6.07) is 15.8. The Morgan fingerprint density at radius 2 is 1.56 bits per heavy atom. The number of pyridine rings is 1. The first-order valence-corrected chi connectivity index (χ1v) is 11.7. The predicted octanol–water partition coefficient (Wildman–Crippen LogP) is 7.17. The maximum Gasteiger partial charge on any atom is 0.256 e. The molecule has 0 saturated carbocycles. The minimum atomic E-state index is -0.231. The van der Waals surface area contributed by atoms with E-state index in [9.17, 15) is 4.79 Å². The van der Waals surface area contributed by atoms with Gasteiger partial charge in [-0.25, -0.2) is 4.98 Å². The van der Waals surface area contributed by atoms with Gasteiger partial charge < -0.3 is 14.8 Å². The molecular weight excluding hydrogens is 492 g/mol. The Labute approximate surface area is 208 Å². The highest BCUT2D eigenvalue weighted by atomic mass is 79.9. The van der Waals surface area contributed by atoms with Gasteiger partial charge in [0.05, 0.1) is 41.2 Å². The van der Waals surface area contributed by atoms with Crippen molar-refractivity contribution in [2.75, 3.05) is 19.5 Å². The van der Waals surface area contributed by atoms with Crippen LogP contribution in [-0.4, -0.2) is 25.1 Å². The van der Waals surface area contributed by atoms with Crippen molar-refractivity contribution in [3.05, 3.63) is 80.8 Å². The van der Waals surface area contributed by atoms with Crippen LogP contribution in [0.5, 0.6) is 11.5 Å². The Morgan fingerprint density at radius 1 is 0.882 bits per heavy atom. The van der Waals surface area contributed by atoms with Crippen LogP contribution in [0.2, 0.25) is 0 Å².